The minimum absolute atomic E-state index is 0.118. The first-order valence-electron chi connectivity index (χ1n) is 8.15. The highest BCUT2D eigenvalue weighted by Gasteiger charge is 2.33. The molecule has 0 fully saturated rings. The fraction of sp³-hybridized carbons (Fsp3) is 0.100. The highest BCUT2D eigenvalue weighted by Crippen LogP contribution is 2.37. The molecule has 0 spiro atoms. The first-order chi connectivity index (χ1) is 13.6. The van der Waals surface area contributed by atoms with E-state index in [1.54, 1.807) is 0 Å². The fourth-order valence-corrected chi connectivity index (χ4v) is 2.43. The third-order valence-corrected chi connectivity index (χ3v) is 3.73. The molecule has 3 nitrogen and oxygen atoms in total. The van der Waals surface area contributed by atoms with Gasteiger partial charge in [0.15, 0.2) is 0 Å². The number of benzene rings is 2. The monoisotopic (exact) mass is 410 g/mol. The van der Waals surface area contributed by atoms with Gasteiger partial charge >= 0.3 is 12.4 Å². The lowest BCUT2D eigenvalue weighted by molar-refractivity contribution is -0.137. The van der Waals surface area contributed by atoms with Gasteiger partial charge in [0.1, 0.15) is 11.5 Å². The molecule has 0 aliphatic carbocycles. The summed E-state index contributed by atoms with van der Waals surface area (Å²) in [4.78, 5) is 7.58. The van der Waals surface area contributed by atoms with Crippen molar-refractivity contribution in [2.24, 2.45) is 9.98 Å². The zero-order chi connectivity index (χ0) is 21.1. The van der Waals surface area contributed by atoms with Crippen LogP contribution in [0, 0.1) is 0 Å². The van der Waals surface area contributed by atoms with E-state index in [1.807, 2.05) is 0 Å². The average molecular weight is 410 g/mol. The highest BCUT2D eigenvalue weighted by atomic mass is 19.4. The summed E-state index contributed by atoms with van der Waals surface area (Å²) in [5, 5.41) is 0. The van der Waals surface area contributed by atoms with Crippen LogP contribution in [-0.2, 0) is 12.4 Å². The predicted octanol–water partition coefficient (Wildman–Crippen LogP) is 6.82. The molecule has 0 aliphatic heterocycles. The summed E-state index contributed by atoms with van der Waals surface area (Å²) >= 11 is 0. The van der Waals surface area contributed by atoms with Gasteiger partial charge in [0.05, 0.1) is 34.9 Å². The van der Waals surface area contributed by atoms with Crippen LogP contribution < -0.4 is 0 Å². The zero-order valence-corrected chi connectivity index (χ0v) is 14.5. The summed E-state index contributed by atoms with van der Waals surface area (Å²) in [5.41, 5.74) is -2.36. The Morgan fingerprint density at radius 3 is 1.34 bits per heavy atom. The second-order valence-electron chi connectivity index (χ2n) is 5.79. The van der Waals surface area contributed by atoms with Crippen molar-refractivity contribution in [2.75, 3.05) is 0 Å². The first kappa shape index (κ1) is 20.4. The lowest BCUT2D eigenvalue weighted by Crippen LogP contribution is -2.04. The van der Waals surface area contributed by atoms with Crippen molar-refractivity contribution >= 4 is 23.8 Å². The highest BCUT2D eigenvalue weighted by molar-refractivity contribution is 5.83. The van der Waals surface area contributed by atoms with Crippen molar-refractivity contribution in [3.63, 3.8) is 0 Å². The van der Waals surface area contributed by atoms with Crippen molar-refractivity contribution < 1.29 is 30.8 Å². The second kappa shape index (κ2) is 7.94. The number of nitrogens with zero attached hydrogens (tertiary/aromatic N) is 2. The topological polar surface area (TPSA) is 37.9 Å². The third-order valence-electron chi connectivity index (χ3n) is 3.73. The molecular weight excluding hydrogens is 398 g/mol. The predicted molar refractivity (Wildman–Crippen MR) is 96.1 cm³/mol. The van der Waals surface area contributed by atoms with Gasteiger partial charge in [0, 0.05) is 0 Å². The summed E-state index contributed by atoms with van der Waals surface area (Å²) < 4.78 is 83.1. The second-order valence-corrected chi connectivity index (χ2v) is 5.79. The third kappa shape index (κ3) is 5.13. The Kier molecular flexibility index (Phi) is 5.58. The van der Waals surface area contributed by atoms with Gasteiger partial charge in [-0.3, -0.25) is 9.98 Å². The summed E-state index contributed by atoms with van der Waals surface area (Å²) in [6.07, 6.45) is -6.93. The Bertz CT molecular complexity index is 965. The number of halogens is 6. The number of alkyl halides is 6. The van der Waals surface area contributed by atoms with E-state index in [0.29, 0.717) is 0 Å². The summed E-state index contributed by atoms with van der Waals surface area (Å²) in [5.74, 6) is 0.236. The smallest absolute Gasteiger partial charge is 0.418 e. The molecule has 3 aromatic rings. The molecule has 0 N–H and O–H groups in total. The van der Waals surface area contributed by atoms with E-state index >= 15 is 0 Å². The van der Waals surface area contributed by atoms with Crippen LogP contribution in [0.2, 0.25) is 0 Å². The minimum atomic E-state index is -4.55. The number of hydrogen-bond donors (Lipinski definition) is 0. The largest absolute Gasteiger partial charge is 0.454 e. The van der Waals surface area contributed by atoms with Crippen LogP contribution >= 0.6 is 0 Å². The fourth-order valence-electron chi connectivity index (χ4n) is 2.43. The average Bonchev–Trinajstić information content (AvgIpc) is 3.11. The molecule has 0 atom stereocenters. The maximum absolute atomic E-state index is 13.0. The van der Waals surface area contributed by atoms with Crippen LogP contribution in [0.4, 0.5) is 37.7 Å². The Balaban J connectivity index is 1.80. The van der Waals surface area contributed by atoms with Crippen LogP contribution in [0.5, 0.6) is 0 Å². The van der Waals surface area contributed by atoms with Crippen LogP contribution in [0.3, 0.4) is 0 Å². The quantitative estimate of drug-likeness (QED) is 0.344. The summed E-state index contributed by atoms with van der Waals surface area (Å²) in [7, 11) is 0. The maximum Gasteiger partial charge on any atom is 0.418 e. The molecule has 1 aromatic heterocycles. The summed E-state index contributed by atoms with van der Waals surface area (Å²) in [6, 6.07) is 12.4. The first-order valence-corrected chi connectivity index (χ1v) is 8.15. The number of furan rings is 1. The molecule has 9 heteroatoms. The van der Waals surface area contributed by atoms with E-state index in [2.05, 4.69) is 9.98 Å². The number of para-hydroxylation sites is 2. The minimum Gasteiger partial charge on any atom is -0.454 e. The van der Waals surface area contributed by atoms with Gasteiger partial charge in [-0.05, 0) is 36.4 Å². The van der Waals surface area contributed by atoms with Crippen molar-refractivity contribution in [3.8, 4) is 0 Å². The zero-order valence-electron chi connectivity index (χ0n) is 14.5. The van der Waals surface area contributed by atoms with Crippen molar-refractivity contribution in [1.29, 1.82) is 0 Å². The lowest BCUT2D eigenvalue weighted by atomic mass is 10.2. The molecule has 0 saturated heterocycles. The van der Waals surface area contributed by atoms with E-state index in [9.17, 15) is 26.3 Å². The van der Waals surface area contributed by atoms with Gasteiger partial charge in [-0.2, -0.15) is 26.3 Å². The van der Waals surface area contributed by atoms with Crippen LogP contribution in [0.15, 0.2) is 75.1 Å². The van der Waals surface area contributed by atoms with Crippen LogP contribution in [0.25, 0.3) is 0 Å². The van der Waals surface area contributed by atoms with Gasteiger partial charge in [-0.1, -0.05) is 24.3 Å². The molecule has 0 radical (unpaired) electrons. The number of aliphatic imine (C=N–C) groups is 2. The maximum atomic E-state index is 13.0. The van der Waals surface area contributed by atoms with Gasteiger partial charge in [0.25, 0.3) is 0 Å². The van der Waals surface area contributed by atoms with Gasteiger partial charge in [-0.15, -0.1) is 0 Å². The Labute approximate surface area is 161 Å². The van der Waals surface area contributed by atoms with E-state index in [-0.39, 0.29) is 22.9 Å². The van der Waals surface area contributed by atoms with Crippen LogP contribution in [0.1, 0.15) is 22.6 Å². The Morgan fingerprint density at radius 1 is 0.586 bits per heavy atom. The van der Waals surface area contributed by atoms with Gasteiger partial charge in [-0.25, -0.2) is 0 Å². The molecule has 0 saturated carbocycles. The molecule has 150 valence electrons. The van der Waals surface area contributed by atoms with Gasteiger partial charge < -0.3 is 4.42 Å². The standard InChI is InChI=1S/C20H12F6N2O/c21-19(22,23)15-5-1-3-7-17(15)27-11-13-9-10-14(29-13)12-28-18-8-4-2-6-16(18)20(24,25)26/h1-12H. The van der Waals surface area contributed by atoms with E-state index in [0.717, 1.165) is 24.6 Å². The van der Waals surface area contributed by atoms with E-state index < -0.39 is 23.5 Å². The number of hydrogen-bond acceptors (Lipinski definition) is 3. The van der Waals surface area contributed by atoms with Gasteiger partial charge in [0.2, 0.25) is 0 Å². The molecule has 0 unspecified atom stereocenters. The van der Waals surface area contributed by atoms with Crippen molar-refractivity contribution in [3.05, 3.63) is 83.3 Å². The van der Waals surface area contributed by atoms with E-state index in [1.165, 1.54) is 48.5 Å². The lowest BCUT2D eigenvalue weighted by Gasteiger charge is -2.08. The normalized spacial score (nSPS) is 12.9. The molecule has 29 heavy (non-hydrogen) atoms. The number of rotatable bonds is 4. The SMILES string of the molecule is FC(F)(F)c1ccccc1N=Cc1ccc(C=Nc2ccccc2C(F)(F)F)o1. The molecular formula is C20H12F6N2O. The molecule has 0 aliphatic rings. The Morgan fingerprint density at radius 2 is 0.966 bits per heavy atom. The summed E-state index contributed by atoms with van der Waals surface area (Å²) in [6.45, 7) is 0. The van der Waals surface area contributed by atoms with Crippen LogP contribution in [-0.4, -0.2) is 12.4 Å². The van der Waals surface area contributed by atoms with E-state index in [4.69, 9.17) is 4.42 Å². The molecule has 0 bridgehead atoms. The molecule has 1 heterocycles. The Hall–Kier alpha value is -3.36. The molecule has 0 amide bonds. The van der Waals surface area contributed by atoms with Crippen molar-refractivity contribution in [1.82, 2.24) is 0 Å². The molecule has 2 aromatic carbocycles. The van der Waals surface area contributed by atoms with Crippen molar-refractivity contribution in [2.45, 2.75) is 12.4 Å². The molecule has 3 rings (SSSR count).